The summed E-state index contributed by atoms with van der Waals surface area (Å²) in [6, 6.07) is 5.23. The molecule has 110 valence electrons. The minimum Gasteiger partial charge on any atom is -0.366 e. The molecule has 3 N–H and O–H groups in total. The summed E-state index contributed by atoms with van der Waals surface area (Å²) < 4.78 is 27.4. The van der Waals surface area contributed by atoms with E-state index in [9.17, 15) is 13.2 Å². The molecule has 0 saturated carbocycles. The third-order valence-electron chi connectivity index (χ3n) is 2.38. The summed E-state index contributed by atoms with van der Waals surface area (Å²) in [6.45, 7) is 0. The van der Waals surface area contributed by atoms with Crippen molar-refractivity contribution in [3.05, 3.63) is 45.2 Å². The van der Waals surface area contributed by atoms with Crippen molar-refractivity contribution in [1.82, 2.24) is 9.97 Å². The summed E-state index contributed by atoms with van der Waals surface area (Å²) >= 11 is 6.23. The number of aromatic nitrogens is 2. The largest absolute Gasteiger partial charge is 0.366 e. The van der Waals surface area contributed by atoms with Crippen molar-refractivity contribution in [1.29, 1.82) is 0 Å². The Labute approximate surface area is 137 Å². The lowest BCUT2D eigenvalue weighted by Crippen LogP contribution is -2.16. The summed E-state index contributed by atoms with van der Waals surface area (Å²) in [5.41, 5.74) is 5.32. The number of primary amides is 1. The summed E-state index contributed by atoms with van der Waals surface area (Å²) in [4.78, 5) is 18.8. The SMILES string of the molecule is NC(=O)c1ccc(S(=O)(=O)Nc2ncc(Br)nc2Br)cc1. The van der Waals surface area contributed by atoms with Gasteiger partial charge in [0.1, 0.15) is 4.60 Å². The highest BCUT2D eigenvalue weighted by atomic mass is 79.9. The Kier molecular flexibility index (Phi) is 4.59. The van der Waals surface area contributed by atoms with E-state index in [-0.39, 0.29) is 20.9 Å². The Morgan fingerprint density at radius 2 is 1.81 bits per heavy atom. The third-order valence-corrected chi connectivity index (χ3v) is 4.67. The Morgan fingerprint density at radius 3 is 2.33 bits per heavy atom. The first-order valence-corrected chi connectivity index (χ1v) is 8.47. The first-order valence-electron chi connectivity index (χ1n) is 5.40. The number of nitrogens with zero attached hydrogens (tertiary/aromatic N) is 2. The number of amides is 1. The van der Waals surface area contributed by atoms with Gasteiger partial charge in [0.05, 0.1) is 11.1 Å². The first kappa shape index (κ1) is 15.9. The number of benzene rings is 1. The highest BCUT2D eigenvalue weighted by Crippen LogP contribution is 2.22. The van der Waals surface area contributed by atoms with Crippen LogP contribution in [0.5, 0.6) is 0 Å². The van der Waals surface area contributed by atoms with Crippen LogP contribution in [0.2, 0.25) is 0 Å². The Bertz CT molecular complexity index is 794. The summed E-state index contributed by atoms with van der Waals surface area (Å²) in [7, 11) is -3.84. The number of hydrogen-bond donors (Lipinski definition) is 2. The van der Waals surface area contributed by atoms with Gasteiger partial charge < -0.3 is 5.73 Å². The van der Waals surface area contributed by atoms with Gasteiger partial charge in [0, 0.05) is 5.56 Å². The zero-order valence-electron chi connectivity index (χ0n) is 10.2. The van der Waals surface area contributed by atoms with E-state index in [0.717, 1.165) is 0 Å². The quantitative estimate of drug-likeness (QED) is 0.760. The van der Waals surface area contributed by atoms with E-state index in [1.807, 2.05) is 0 Å². The van der Waals surface area contributed by atoms with Gasteiger partial charge in [0.2, 0.25) is 5.91 Å². The molecule has 0 unspecified atom stereocenters. The Hall–Kier alpha value is -1.52. The number of sulfonamides is 1. The van der Waals surface area contributed by atoms with Crippen LogP contribution in [0.15, 0.2) is 44.6 Å². The summed E-state index contributed by atoms with van der Waals surface area (Å²) in [6.07, 6.45) is 1.36. The molecule has 1 aromatic carbocycles. The Morgan fingerprint density at radius 1 is 1.19 bits per heavy atom. The molecule has 2 rings (SSSR count). The fraction of sp³-hybridized carbons (Fsp3) is 0. The van der Waals surface area contributed by atoms with Gasteiger partial charge >= 0.3 is 0 Å². The van der Waals surface area contributed by atoms with E-state index in [1.54, 1.807) is 0 Å². The van der Waals surface area contributed by atoms with E-state index in [2.05, 4.69) is 46.5 Å². The highest BCUT2D eigenvalue weighted by Gasteiger charge is 2.17. The molecule has 10 heteroatoms. The van der Waals surface area contributed by atoms with Crippen LogP contribution >= 0.6 is 31.9 Å². The standard InChI is InChI=1S/C11H8Br2N4O3S/c12-8-5-15-11(9(13)16-8)17-21(19,20)7-3-1-6(2-4-7)10(14)18/h1-5H,(H2,14,18)(H,15,17). The van der Waals surface area contributed by atoms with Crippen molar-refractivity contribution in [3.8, 4) is 0 Å². The fourth-order valence-corrected chi connectivity index (χ4v) is 3.46. The van der Waals surface area contributed by atoms with Crippen molar-refractivity contribution < 1.29 is 13.2 Å². The van der Waals surface area contributed by atoms with Crippen LogP contribution in [0.4, 0.5) is 5.82 Å². The zero-order valence-corrected chi connectivity index (χ0v) is 14.2. The van der Waals surface area contributed by atoms with E-state index >= 15 is 0 Å². The first-order chi connectivity index (χ1) is 9.79. The summed E-state index contributed by atoms with van der Waals surface area (Å²) in [5, 5.41) is 0. The molecule has 2 aromatic rings. The average molecular weight is 436 g/mol. The molecule has 1 amide bonds. The smallest absolute Gasteiger partial charge is 0.263 e. The molecule has 1 aromatic heterocycles. The number of hydrogen-bond acceptors (Lipinski definition) is 5. The van der Waals surface area contributed by atoms with Gasteiger partial charge in [-0.15, -0.1) is 0 Å². The lowest BCUT2D eigenvalue weighted by Gasteiger charge is -2.08. The third kappa shape index (κ3) is 3.77. The second-order valence-electron chi connectivity index (χ2n) is 3.83. The number of rotatable bonds is 4. The fourth-order valence-electron chi connectivity index (χ4n) is 1.40. The van der Waals surface area contributed by atoms with E-state index < -0.39 is 15.9 Å². The maximum atomic E-state index is 12.2. The van der Waals surface area contributed by atoms with E-state index in [1.165, 1.54) is 30.5 Å². The molecular formula is C11H8Br2N4O3S. The highest BCUT2D eigenvalue weighted by molar-refractivity contribution is 9.11. The molecular weight excluding hydrogens is 428 g/mol. The van der Waals surface area contributed by atoms with Gasteiger partial charge in [-0.25, -0.2) is 18.4 Å². The van der Waals surface area contributed by atoms with Crippen LogP contribution in [-0.2, 0) is 10.0 Å². The predicted octanol–water partition coefficient (Wildman–Crippen LogP) is 1.90. The van der Waals surface area contributed by atoms with Gasteiger partial charge in [0.25, 0.3) is 10.0 Å². The normalized spacial score (nSPS) is 11.1. The van der Waals surface area contributed by atoms with Crippen molar-refractivity contribution in [2.75, 3.05) is 4.72 Å². The molecule has 0 fully saturated rings. The second kappa shape index (κ2) is 6.08. The number of carbonyl (C=O) groups excluding carboxylic acids is 1. The van der Waals surface area contributed by atoms with Crippen LogP contribution < -0.4 is 10.5 Å². The minimum atomic E-state index is -3.84. The van der Waals surface area contributed by atoms with Gasteiger partial charge in [-0.1, -0.05) is 0 Å². The zero-order chi connectivity index (χ0) is 15.6. The van der Waals surface area contributed by atoms with Crippen molar-refractivity contribution >= 4 is 53.6 Å². The maximum Gasteiger partial charge on any atom is 0.263 e. The van der Waals surface area contributed by atoms with Crippen LogP contribution in [0, 0.1) is 0 Å². The molecule has 0 aliphatic carbocycles. The molecule has 1 heterocycles. The molecule has 0 bridgehead atoms. The van der Waals surface area contributed by atoms with Gasteiger partial charge in [-0.2, -0.15) is 0 Å². The van der Waals surface area contributed by atoms with E-state index in [0.29, 0.717) is 4.60 Å². The predicted molar refractivity (Wildman–Crippen MR) is 83.2 cm³/mol. The molecule has 21 heavy (non-hydrogen) atoms. The van der Waals surface area contributed by atoms with Crippen LogP contribution in [0.1, 0.15) is 10.4 Å². The van der Waals surface area contributed by atoms with E-state index in [4.69, 9.17) is 5.73 Å². The molecule has 0 spiro atoms. The maximum absolute atomic E-state index is 12.2. The van der Waals surface area contributed by atoms with Gasteiger partial charge in [0.15, 0.2) is 10.4 Å². The van der Waals surface area contributed by atoms with Crippen LogP contribution in [-0.4, -0.2) is 24.3 Å². The molecule has 7 nitrogen and oxygen atoms in total. The second-order valence-corrected chi connectivity index (χ2v) is 7.07. The van der Waals surface area contributed by atoms with Crippen molar-refractivity contribution in [2.24, 2.45) is 5.73 Å². The number of carbonyl (C=O) groups is 1. The van der Waals surface area contributed by atoms with Crippen molar-refractivity contribution in [2.45, 2.75) is 4.90 Å². The Balaban J connectivity index is 2.31. The lowest BCUT2D eigenvalue weighted by molar-refractivity contribution is 0.1000. The summed E-state index contributed by atoms with van der Waals surface area (Å²) in [5.74, 6) is -0.578. The molecule has 0 radical (unpaired) electrons. The molecule has 0 aliphatic rings. The monoisotopic (exact) mass is 434 g/mol. The number of nitrogens with one attached hydrogen (secondary N) is 1. The van der Waals surface area contributed by atoms with Gasteiger partial charge in [-0.3, -0.25) is 9.52 Å². The van der Waals surface area contributed by atoms with Crippen LogP contribution in [0.25, 0.3) is 0 Å². The topological polar surface area (TPSA) is 115 Å². The molecule has 0 aliphatic heterocycles. The lowest BCUT2D eigenvalue weighted by atomic mass is 10.2. The van der Waals surface area contributed by atoms with Gasteiger partial charge in [-0.05, 0) is 56.1 Å². The van der Waals surface area contributed by atoms with Crippen molar-refractivity contribution in [3.63, 3.8) is 0 Å². The number of anilines is 1. The number of halogens is 2. The average Bonchev–Trinajstić information content (AvgIpc) is 2.42. The molecule has 0 atom stereocenters. The number of nitrogens with two attached hydrogens (primary N) is 1. The molecule has 0 saturated heterocycles. The minimum absolute atomic E-state index is 0.0240. The van der Waals surface area contributed by atoms with Crippen LogP contribution in [0.3, 0.4) is 0 Å².